The van der Waals surface area contributed by atoms with Crippen molar-refractivity contribution in [2.45, 2.75) is 43.6 Å². The van der Waals surface area contributed by atoms with Gasteiger partial charge >= 0.3 is 0 Å². The first-order valence-corrected chi connectivity index (χ1v) is 7.43. The van der Waals surface area contributed by atoms with Gasteiger partial charge in [-0.1, -0.05) is 23.9 Å². The highest BCUT2D eigenvalue weighted by Crippen LogP contribution is 2.36. The predicted molar refractivity (Wildman–Crippen MR) is 81.8 cm³/mol. The molecule has 0 aliphatic rings. The van der Waals surface area contributed by atoms with Crippen molar-refractivity contribution in [2.75, 3.05) is 0 Å². The first kappa shape index (κ1) is 15.1. The second-order valence-corrected chi connectivity index (χ2v) is 6.27. The first-order chi connectivity index (χ1) is 9.38. The van der Waals surface area contributed by atoms with Crippen LogP contribution in [0.25, 0.3) is 0 Å². The van der Waals surface area contributed by atoms with Crippen LogP contribution in [0.5, 0.6) is 0 Å². The number of halogens is 1. The van der Waals surface area contributed by atoms with Crippen molar-refractivity contribution < 1.29 is 9.50 Å². The summed E-state index contributed by atoms with van der Waals surface area (Å²) >= 11 is 1.58. The molecule has 1 atom stereocenters. The second-order valence-electron chi connectivity index (χ2n) is 5.19. The molecule has 0 aliphatic carbocycles. The molecule has 0 saturated heterocycles. The minimum atomic E-state index is -0.683. The maximum atomic E-state index is 13.7. The molecule has 0 heterocycles. The lowest BCUT2D eigenvalue weighted by Crippen LogP contribution is -1.97. The van der Waals surface area contributed by atoms with E-state index in [1.165, 1.54) is 17.2 Å². The second kappa shape index (κ2) is 5.98. The summed E-state index contributed by atoms with van der Waals surface area (Å²) in [6, 6.07) is 9.52. The lowest BCUT2D eigenvalue weighted by atomic mass is 10.1. The van der Waals surface area contributed by atoms with Crippen LogP contribution in [0.3, 0.4) is 0 Å². The molecule has 0 saturated carbocycles. The van der Waals surface area contributed by atoms with Crippen molar-refractivity contribution in [3.63, 3.8) is 0 Å². The normalized spacial score (nSPS) is 12.5. The zero-order valence-corrected chi connectivity index (χ0v) is 13.0. The van der Waals surface area contributed by atoms with Gasteiger partial charge in [0, 0.05) is 9.79 Å². The van der Waals surface area contributed by atoms with E-state index in [0.29, 0.717) is 11.1 Å². The summed E-state index contributed by atoms with van der Waals surface area (Å²) in [7, 11) is 0. The molecule has 1 N–H and O–H groups in total. The number of hydrogen-bond donors (Lipinski definition) is 1. The average Bonchev–Trinajstić information content (AvgIpc) is 2.37. The number of hydrogen-bond acceptors (Lipinski definition) is 2. The van der Waals surface area contributed by atoms with Crippen LogP contribution < -0.4 is 0 Å². The molecule has 0 fully saturated rings. The van der Waals surface area contributed by atoms with Gasteiger partial charge in [-0.25, -0.2) is 4.39 Å². The maximum Gasteiger partial charge on any atom is 0.126 e. The largest absolute Gasteiger partial charge is 0.389 e. The highest BCUT2D eigenvalue weighted by molar-refractivity contribution is 7.99. The number of aryl methyl sites for hydroxylation is 3. The van der Waals surface area contributed by atoms with Crippen LogP contribution in [0.1, 0.15) is 35.3 Å². The zero-order valence-electron chi connectivity index (χ0n) is 12.2. The molecule has 2 aromatic rings. The molecular formula is C17H19FOS. The van der Waals surface area contributed by atoms with Crippen LogP contribution in [0.4, 0.5) is 4.39 Å². The molecule has 2 rings (SSSR count). The topological polar surface area (TPSA) is 20.2 Å². The number of benzene rings is 2. The Morgan fingerprint density at radius 1 is 1.00 bits per heavy atom. The van der Waals surface area contributed by atoms with E-state index in [1.54, 1.807) is 25.6 Å². The van der Waals surface area contributed by atoms with Crippen LogP contribution in [-0.2, 0) is 0 Å². The standard InChI is InChI=1S/C17H19FOS/c1-10-5-6-11(2)16(7-10)20-17-8-12(3)15(18)9-14(17)13(4)19/h5-9,13,19H,1-4H3. The fraction of sp³-hybridized carbons (Fsp3) is 0.294. The molecule has 0 spiro atoms. The predicted octanol–water partition coefficient (Wildman–Crippen LogP) is 4.96. The van der Waals surface area contributed by atoms with E-state index in [4.69, 9.17) is 0 Å². The molecule has 0 amide bonds. The molecular weight excluding hydrogens is 271 g/mol. The van der Waals surface area contributed by atoms with Gasteiger partial charge in [0.15, 0.2) is 0 Å². The quantitative estimate of drug-likeness (QED) is 0.862. The Morgan fingerprint density at radius 3 is 2.35 bits per heavy atom. The summed E-state index contributed by atoms with van der Waals surface area (Å²) in [6.45, 7) is 7.51. The van der Waals surface area contributed by atoms with Crippen molar-refractivity contribution >= 4 is 11.8 Å². The van der Waals surface area contributed by atoms with Crippen molar-refractivity contribution in [2.24, 2.45) is 0 Å². The fourth-order valence-corrected chi connectivity index (χ4v) is 3.31. The molecule has 106 valence electrons. The zero-order chi connectivity index (χ0) is 14.9. The molecule has 20 heavy (non-hydrogen) atoms. The maximum absolute atomic E-state index is 13.7. The van der Waals surface area contributed by atoms with Crippen LogP contribution >= 0.6 is 11.8 Å². The number of aliphatic hydroxyl groups excluding tert-OH is 1. The van der Waals surface area contributed by atoms with E-state index >= 15 is 0 Å². The van der Waals surface area contributed by atoms with Gasteiger partial charge < -0.3 is 5.11 Å². The fourth-order valence-electron chi connectivity index (χ4n) is 2.02. The molecule has 0 bridgehead atoms. The SMILES string of the molecule is Cc1ccc(C)c(Sc2cc(C)c(F)cc2C(C)O)c1. The van der Waals surface area contributed by atoms with Gasteiger partial charge in [0.05, 0.1) is 6.10 Å². The van der Waals surface area contributed by atoms with Crippen LogP contribution in [-0.4, -0.2) is 5.11 Å². The van der Waals surface area contributed by atoms with E-state index in [9.17, 15) is 9.50 Å². The minimum Gasteiger partial charge on any atom is -0.389 e. The summed E-state index contributed by atoms with van der Waals surface area (Å²) in [6.07, 6.45) is -0.683. The van der Waals surface area contributed by atoms with Crippen molar-refractivity contribution in [1.29, 1.82) is 0 Å². The summed E-state index contributed by atoms with van der Waals surface area (Å²) < 4.78 is 13.7. The lowest BCUT2D eigenvalue weighted by Gasteiger charge is -2.15. The summed E-state index contributed by atoms with van der Waals surface area (Å²) in [5, 5.41) is 9.84. The van der Waals surface area contributed by atoms with Gasteiger partial charge in [0.1, 0.15) is 5.82 Å². The van der Waals surface area contributed by atoms with E-state index in [-0.39, 0.29) is 5.82 Å². The Hall–Kier alpha value is -1.32. The summed E-state index contributed by atoms with van der Waals surface area (Å²) in [5.74, 6) is -0.272. The molecule has 0 aromatic heterocycles. The third-order valence-electron chi connectivity index (χ3n) is 3.30. The molecule has 0 radical (unpaired) electrons. The lowest BCUT2D eigenvalue weighted by molar-refractivity contribution is 0.196. The third kappa shape index (κ3) is 3.22. The van der Waals surface area contributed by atoms with Crippen molar-refractivity contribution in [1.82, 2.24) is 0 Å². The minimum absolute atomic E-state index is 0.272. The Kier molecular flexibility index (Phi) is 4.51. The highest BCUT2D eigenvalue weighted by atomic mass is 32.2. The summed E-state index contributed by atoms with van der Waals surface area (Å²) in [4.78, 5) is 2.05. The van der Waals surface area contributed by atoms with Gasteiger partial charge in [-0.2, -0.15) is 0 Å². The van der Waals surface area contributed by atoms with Crippen molar-refractivity contribution in [3.05, 3.63) is 58.4 Å². The van der Waals surface area contributed by atoms with Gasteiger partial charge in [-0.15, -0.1) is 0 Å². The highest BCUT2D eigenvalue weighted by Gasteiger charge is 2.13. The average molecular weight is 290 g/mol. The Morgan fingerprint density at radius 2 is 1.70 bits per heavy atom. The van der Waals surface area contributed by atoms with E-state index in [1.807, 2.05) is 6.07 Å². The third-order valence-corrected chi connectivity index (χ3v) is 4.54. The molecule has 2 aromatic carbocycles. The molecule has 1 unspecified atom stereocenters. The summed E-state index contributed by atoms with van der Waals surface area (Å²) in [5.41, 5.74) is 3.61. The van der Waals surface area contributed by atoms with Gasteiger partial charge in [0.25, 0.3) is 0 Å². The van der Waals surface area contributed by atoms with Crippen LogP contribution in [0, 0.1) is 26.6 Å². The number of rotatable bonds is 3. The van der Waals surface area contributed by atoms with E-state index < -0.39 is 6.10 Å². The Balaban J connectivity index is 2.47. The van der Waals surface area contributed by atoms with Crippen molar-refractivity contribution in [3.8, 4) is 0 Å². The van der Waals surface area contributed by atoms with E-state index in [2.05, 4.69) is 32.0 Å². The number of aliphatic hydroxyl groups is 1. The van der Waals surface area contributed by atoms with Crippen LogP contribution in [0.15, 0.2) is 40.1 Å². The van der Waals surface area contributed by atoms with Gasteiger partial charge in [0.2, 0.25) is 0 Å². The molecule has 1 nitrogen and oxygen atoms in total. The molecule has 3 heteroatoms. The van der Waals surface area contributed by atoms with Gasteiger partial charge in [-0.05, 0) is 68.1 Å². The Bertz CT molecular complexity index is 635. The molecule has 0 aliphatic heterocycles. The first-order valence-electron chi connectivity index (χ1n) is 6.61. The smallest absolute Gasteiger partial charge is 0.126 e. The van der Waals surface area contributed by atoms with Crippen LogP contribution in [0.2, 0.25) is 0 Å². The van der Waals surface area contributed by atoms with Gasteiger partial charge in [-0.3, -0.25) is 0 Å². The van der Waals surface area contributed by atoms with E-state index in [0.717, 1.165) is 9.79 Å². The Labute approximate surface area is 123 Å². The monoisotopic (exact) mass is 290 g/mol.